The van der Waals surface area contributed by atoms with Gasteiger partial charge in [0.25, 0.3) is 5.91 Å². The van der Waals surface area contributed by atoms with Gasteiger partial charge in [-0.25, -0.2) is 4.79 Å². The number of hydrogen-bond donors (Lipinski definition) is 1. The van der Waals surface area contributed by atoms with E-state index in [1.165, 1.54) is 0 Å². The fourth-order valence-corrected chi connectivity index (χ4v) is 1.69. The normalized spacial score (nSPS) is 17.4. The zero-order chi connectivity index (χ0) is 13.7. The molecule has 0 radical (unpaired) electrons. The maximum atomic E-state index is 11.6. The number of carbonyl (C=O) groups is 2. The highest BCUT2D eigenvalue weighted by atomic mass is 16.5. The summed E-state index contributed by atoms with van der Waals surface area (Å²) in [6.45, 7) is 0.0738. The number of hydrogen-bond acceptors (Lipinski definition) is 5. The molecule has 1 fully saturated rings. The number of ether oxygens (including phenoxy) is 2. The molecule has 1 aliphatic rings. The molecule has 2 rings (SSSR count). The fraction of sp³-hybridized carbons (Fsp3) is 0.308. The van der Waals surface area contributed by atoms with Crippen LogP contribution in [0.3, 0.4) is 0 Å². The van der Waals surface area contributed by atoms with Gasteiger partial charge in [-0.2, -0.15) is 5.26 Å². The Hall–Kier alpha value is -2.55. The minimum atomic E-state index is -0.595. The molecule has 98 valence electrons. The van der Waals surface area contributed by atoms with Crippen molar-refractivity contribution in [2.75, 3.05) is 13.2 Å². The highest BCUT2D eigenvalue weighted by Gasteiger charge is 2.27. The molecule has 1 saturated heterocycles. The van der Waals surface area contributed by atoms with Crippen molar-refractivity contribution >= 4 is 11.9 Å². The van der Waals surface area contributed by atoms with E-state index >= 15 is 0 Å². The van der Waals surface area contributed by atoms with E-state index in [0.717, 1.165) is 0 Å². The van der Waals surface area contributed by atoms with E-state index in [-0.39, 0.29) is 6.61 Å². The first-order chi connectivity index (χ1) is 9.20. The highest BCUT2D eigenvalue weighted by molar-refractivity contribution is 5.86. The number of esters is 1. The Labute approximate surface area is 109 Å². The topological polar surface area (TPSA) is 88.4 Å². The van der Waals surface area contributed by atoms with Crippen molar-refractivity contribution in [1.82, 2.24) is 5.32 Å². The van der Waals surface area contributed by atoms with Crippen LogP contribution in [0.15, 0.2) is 24.3 Å². The molecule has 1 amide bonds. The molecule has 0 aliphatic carbocycles. The Morgan fingerprint density at radius 1 is 1.53 bits per heavy atom. The van der Waals surface area contributed by atoms with Gasteiger partial charge in [-0.15, -0.1) is 0 Å². The van der Waals surface area contributed by atoms with E-state index in [0.29, 0.717) is 24.3 Å². The lowest BCUT2D eigenvalue weighted by Gasteiger charge is -2.10. The van der Waals surface area contributed by atoms with Crippen LogP contribution in [0, 0.1) is 11.3 Å². The van der Waals surface area contributed by atoms with Gasteiger partial charge in [-0.1, -0.05) is 12.1 Å². The number of carbonyl (C=O) groups excluding carboxylic acids is 2. The molecule has 19 heavy (non-hydrogen) atoms. The lowest BCUT2D eigenvalue weighted by atomic mass is 10.2. The zero-order valence-electron chi connectivity index (χ0n) is 10.1. The molecule has 6 nitrogen and oxygen atoms in total. The number of rotatable bonds is 4. The molecule has 0 bridgehead atoms. The van der Waals surface area contributed by atoms with Gasteiger partial charge in [-0.3, -0.25) is 4.79 Å². The van der Waals surface area contributed by atoms with Crippen LogP contribution in [-0.4, -0.2) is 31.1 Å². The first-order valence-electron chi connectivity index (χ1n) is 5.78. The van der Waals surface area contributed by atoms with Gasteiger partial charge in [0.15, 0.2) is 6.61 Å². The highest BCUT2D eigenvalue weighted by Crippen LogP contribution is 2.16. The second kappa shape index (κ2) is 5.87. The van der Waals surface area contributed by atoms with Gasteiger partial charge in [0, 0.05) is 6.42 Å². The summed E-state index contributed by atoms with van der Waals surface area (Å²) in [4.78, 5) is 22.8. The van der Waals surface area contributed by atoms with Crippen molar-refractivity contribution in [3.63, 3.8) is 0 Å². The van der Waals surface area contributed by atoms with Crippen LogP contribution in [0.1, 0.15) is 12.0 Å². The van der Waals surface area contributed by atoms with Crippen LogP contribution in [-0.2, 0) is 14.3 Å². The van der Waals surface area contributed by atoms with Gasteiger partial charge in [-0.05, 0) is 12.1 Å². The van der Waals surface area contributed by atoms with Gasteiger partial charge in [0.05, 0.1) is 12.2 Å². The Kier molecular flexibility index (Phi) is 3.98. The van der Waals surface area contributed by atoms with Crippen molar-refractivity contribution in [2.45, 2.75) is 12.5 Å². The Bertz CT molecular complexity index is 536. The number of benzene rings is 1. The summed E-state index contributed by atoms with van der Waals surface area (Å²) < 4.78 is 9.98. The average molecular weight is 260 g/mol. The summed E-state index contributed by atoms with van der Waals surface area (Å²) in [5.74, 6) is -0.503. The molecule has 0 saturated carbocycles. The van der Waals surface area contributed by atoms with Gasteiger partial charge in [0.2, 0.25) is 0 Å². The third-order valence-corrected chi connectivity index (χ3v) is 2.64. The number of cyclic esters (lactones) is 1. The van der Waals surface area contributed by atoms with Crippen LogP contribution in [0.4, 0.5) is 0 Å². The van der Waals surface area contributed by atoms with Gasteiger partial charge >= 0.3 is 5.97 Å². The molecule has 0 aromatic heterocycles. The quantitative estimate of drug-likeness (QED) is 0.790. The molecule has 1 aromatic rings. The third kappa shape index (κ3) is 3.22. The van der Waals surface area contributed by atoms with E-state index in [4.69, 9.17) is 14.7 Å². The first-order valence-corrected chi connectivity index (χ1v) is 5.78. The number of nitriles is 1. The predicted molar refractivity (Wildman–Crippen MR) is 64.2 cm³/mol. The molecule has 1 N–H and O–H groups in total. The van der Waals surface area contributed by atoms with E-state index in [9.17, 15) is 9.59 Å². The summed E-state index contributed by atoms with van der Waals surface area (Å²) in [5.41, 5.74) is 0.357. The van der Waals surface area contributed by atoms with Crippen molar-refractivity contribution in [2.24, 2.45) is 0 Å². The number of nitrogens with one attached hydrogen (secondary N) is 1. The van der Waals surface area contributed by atoms with Crippen LogP contribution in [0.5, 0.6) is 5.75 Å². The van der Waals surface area contributed by atoms with E-state index in [1.807, 2.05) is 6.07 Å². The third-order valence-electron chi connectivity index (χ3n) is 2.64. The maximum Gasteiger partial charge on any atom is 0.328 e. The van der Waals surface area contributed by atoms with Gasteiger partial charge < -0.3 is 14.8 Å². The second-order valence-electron chi connectivity index (χ2n) is 3.97. The summed E-state index contributed by atoms with van der Waals surface area (Å²) in [7, 11) is 0. The van der Waals surface area contributed by atoms with Crippen LogP contribution in [0.25, 0.3) is 0 Å². The average Bonchev–Trinajstić information content (AvgIpc) is 2.82. The lowest BCUT2D eigenvalue weighted by molar-refractivity contribution is -0.141. The first kappa shape index (κ1) is 12.9. The zero-order valence-corrected chi connectivity index (χ0v) is 10.1. The number of nitrogens with zero attached hydrogens (tertiary/aromatic N) is 1. The standard InChI is InChI=1S/C13H12N2O4/c14-7-9-3-1-2-4-11(9)19-8-12(16)15-10-5-6-18-13(10)17/h1-4,10H,5-6,8H2,(H,15,16). The Balaban J connectivity index is 1.87. The molecule has 1 atom stereocenters. The number of para-hydroxylation sites is 1. The summed E-state index contributed by atoms with van der Waals surface area (Å²) in [6.07, 6.45) is 0.472. The molecule has 0 spiro atoms. The van der Waals surface area contributed by atoms with Crippen molar-refractivity contribution in [3.8, 4) is 11.8 Å². The van der Waals surface area contributed by atoms with E-state index in [2.05, 4.69) is 5.32 Å². The second-order valence-corrected chi connectivity index (χ2v) is 3.97. The smallest absolute Gasteiger partial charge is 0.328 e. The number of amides is 1. The molecular formula is C13H12N2O4. The van der Waals surface area contributed by atoms with Crippen molar-refractivity contribution < 1.29 is 19.1 Å². The summed E-state index contributed by atoms with van der Waals surface area (Å²) >= 11 is 0. The largest absolute Gasteiger partial charge is 0.482 e. The molecule has 1 unspecified atom stereocenters. The minimum absolute atomic E-state index is 0.248. The minimum Gasteiger partial charge on any atom is -0.482 e. The monoisotopic (exact) mass is 260 g/mol. The Morgan fingerprint density at radius 3 is 3.00 bits per heavy atom. The lowest BCUT2D eigenvalue weighted by Crippen LogP contribution is -2.40. The summed E-state index contributed by atoms with van der Waals surface area (Å²) in [6, 6.07) is 8.00. The summed E-state index contributed by atoms with van der Waals surface area (Å²) in [5, 5.41) is 11.4. The van der Waals surface area contributed by atoms with Crippen LogP contribution in [0.2, 0.25) is 0 Å². The van der Waals surface area contributed by atoms with Crippen LogP contribution < -0.4 is 10.1 Å². The van der Waals surface area contributed by atoms with E-state index < -0.39 is 17.9 Å². The molecular weight excluding hydrogens is 248 g/mol. The van der Waals surface area contributed by atoms with Gasteiger partial charge in [0.1, 0.15) is 17.9 Å². The van der Waals surface area contributed by atoms with Crippen LogP contribution >= 0.6 is 0 Å². The molecule has 1 aromatic carbocycles. The molecule has 1 heterocycles. The molecule has 6 heteroatoms. The van der Waals surface area contributed by atoms with E-state index in [1.54, 1.807) is 24.3 Å². The van der Waals surface area contributed by atoms with Crippen molar-refractivity contribution in [1.29, 1.82) is 5.26 Å². The molecule has 1 aliphatic heterocycles. The maximum absolute atomic E-state index is 11.6. The fourth-order valence-electron chi connectivity index (χ4n) is 1.69. The van der Waals surface area contributed by atoms with Crippen molar-refractivity contribution in [3.05, 3.63) is 29.8 Å². The Morgan fingerprint density at radius 2 is 2.32 bits per heavy atom. The SMILES string of the molecule is N#Cc1ccccc1OCC(=O)NC1CCOC1=O. The predicted octanol–water partition coefficient (Wildman–Crippen LogP) is 0.369.